The number of rotatable bonds is 5. The van der Waals surface area contributed by atoms with Crippen LogP contribution in [-0.2, 0) is 6.42 Å². The molecule has 3 heterocycles. The van der Waals surface area contributed by atoms with Gasteiger partial charge in [0, 0.05) is 54.5 Å². The van der Waals surface area contributed by atoms with E-state index in [4.69, 9.17) is 0 Å². The van der Waals surface area contributed by atoms with E-state index in [1.54, 1.807) is 18.5 Å². The topological polar surface area (TPSA) is 71.0 Å². The minimum atomic E-state index is 0.0858. The average Bonchev–Trinajstić information content (AvgIpc) is 3.10. The predicted molar refractivity (Wildman–Crippen MR) is 130 cm³/mol. The highest BCUT2D eigenvalue weighted by Crippen LogP contribution is 2.27. The summed E-state index contributed by atoms with van der Waals surface area (Å²) < 4.78 is 0. The molecule has 1 aliphatic heterocycles. The molecule has 0 aliphatic carbocycles. The summed E-state index contributed by atoms with van der Waals surface area (Å²) in [7, 11) is 0. The predicted octanol–water partition coefficient (Wildman–Crippen LogP) is 5.25. The molecule has 0 bridgehead atoms. The molecule has 0 saturated carbocycles. The van der Waals surface area contributed by atoms with Crippen LogP contribution in [0.5, 0.6) is 0 Å². The van der Waals surface area contributed by atoms with Crippen molar-refractivity contribution in [3.05, 3.63) is 90.5 Å². The quantitative estimate of drug-likeness (QED) is 0.462. The van der Waals surface area contributed by atoms with Gasteiger partial charge in [0.15, 0.2) is 0 Å². The summed E-state index contributed by atoms with van der Waals surface area (Å²) in [5, 5.41) is 5.64. The third-order valence-corrected chi connectivity index (χ3v) is 6.35. The Kier molecular flexibility index (Phi) is 6.24. The largest absolute Gasteiger partial charge is 0.339 e. The van der Waals surface area contributed by atoms with E-state index in [0.29, 0.717) is 17.4 Å². The first-order valence-electron chi connectivity index (χ1n) is 11.5. The van der Waals surface area contributed by atoms with Crippen LogP contribution in [0.4, 0.5) is 11.6 Å². The second-order valence-electron chi connectivity index (χ2n) is 8.59. The maximum absolute atomic E-state index is 13.3. The average molecular weight is 438 g/mol. The normalized spacial score (nSPS) is 16.4. The van der Waals surface area contributed by atoms with E-state index in [2.05, 4.69) is 44.5 Å². The Labute approximate surface area is 193 Å². The van der Waals surface area contributed by atoms with Crippen LogP contribution >= 0.6 is 0 Å². The number of nitrogens with zero attached hydrogens (tertiary/aromatic N) is 4. The summed E-state index contributed by atoms with van der Waals surface area (Å²) >= 11 is 0. The van der Waals surface area contributed by atoms with E-state index in [-0.39, 0.29) is 5.91 Å². The lowest BCUT2D eigenvalue weighted by molar-refractivity contribution is 0.0760. The van der Waals surface area contributed by atoms with Gasteiger partial charge in [0.25, 0.3) is 5.91 Å². The zero-order chi connectivity index (χ0) is 22.5. The zero-order valence-electron chi connectivity index (χ0n) is 18.5. The molecule has 0 radical (unpaired) electrons. The van der Waals surface area contributed by atoms with Crippen LogP contribution < -0.4 is 5.32 Å². The van der Waals surface area contributed by atoms with Gasteiger partial charge in [0.05, 0.1) is 0 Å². The molecule has 166 valence electrons. The van der Waals surface area contributed by atoms with Gasteiger partial charge >= 0.3 is 0 Å². The molecule has 4 aromatic rings. The van der Waals surface area contributed by atoms with Gasteiger partial charge in [-0.25, -0.2) is 9.97 Å². The Morgan fingerprint density at radius 2 is 1.85 bits per heavy atom. The fourth-order valence-electron chi connectivity index (χ4n) is 4.64. The molecule has 1 saturated heterocycles. The number of aromatic nitrogens is 3. The minimum Gasteiger partial charge on any atom is -0.339 e. The van der Waals surface area contributed by atoms with E-state index < -0.39 is 0 Å². The smallest absolute Gasteiger partial charge is 0.253 e. The fourth-order valence-corrected chi connectivity index (χ4v) is 4.64. The van der Waals surface area contributed by atoms with Crippen LogP contribution in [0.3, 0.4) is 0 Å². The molecule has 2 aromatic carbocycles. The first-order chi connectivity index (χ1) is 16.3. The van der Waals surface area contributed by atoms with Gasteiger partial charge in [0.1, 0.15) is 0 Å². The molecule has 6 heteroatoms. The highest BCUT2D eigenvalue weighted by molar-refractivity contribution is 5.95. The second-order valence-corrected chi connectivity index (χ2v) is 8.59. The second kappa shape index (κ2) is 9.77. The van der Waals surface area contributed by atoms with Crippen molar-refractivity contribution in [2.75, 3.05) is 18.4 Å². The molecular formula is C27H27N5O. The van der Waals surface area contributed by atoms with Crippen LogP contribution in [-0.4, -0.2) is 38.8 Å². The molecular weight excluding hydrogens is 410 g/mol. The minimum absolute atomic E-state index is 0.0858. The van der Waals surface area contributed by atoms with Gasteiger partial charge in [-0.05, 0) is 72.9 Å². The highest BCUT2D eigenvalue weighted by atomic mass is 16.2. The zero-order valence-corrected chi connectivity index (χ0v) is 18.5. The number of pyridine rings is 1. The molecule has 1 fully saturated rings. The summed E-state index contributed by atoms with van der Waals surface area (Å²) in [6.07, 6.45) is 11.4. The van der Waals surface area contributed by atoms with Crippen molar-refractivity contribution >= 4 is 28.3 Å². The van der Waals surface area contributed by atoms with Crippen molar-refractivity contribution in [3.8, 4) is 0 Å². The molecule has 33 heavy (non-hydrogen) atoms. The van der Waals surface area contributed by atoms with Crippen molar-refractivity contribution in [2.24, 2.45) is 5.92 Å². The van der Waals surface area contributed by atoms with Crippen LogP contribution in [0.25, 0.3) is 10.8 Å². The summed E-state index contributed by atoms with van der Waals surface area (Å²) in [6, 6.07) is 17.9. The van der Waals surface area contributed by atoms with Gasteiger partial charge < -0.3 is 10.2 Å². The number of anilines is 2. The Morgan fingerprint density at radius 3 is 2.76 bits per heavy atom. The van der Waals surface area contributed by atoms with Crippen LogP contribution in [0.1, 0.15) is 35.2 Å². The first kappa shape index (κ1) is 21.1. The van der Waals surface area contributed by atoms with Crippen LogP contribution in [0.2, 0.25) is 0 Å². The number of likely N-dealkylation sites (tertiary alicyclic amines) is 1. The summed E-state index contributed by atoms with van der Waals surface area (Å²) in [5.74, 6) is 1.17. The Morgan fingerprint density at radius 1 is 0.970 bits per heavy atom. The Bertz CT molecular complexity index is 1240. The Balaban J connectivity index is 1.24. The summed E-state index contributed by atoms with van der Waals surface area (Å²) in [4.78, 5) is 28.0. The summed E-state index contributed by atoms with van der Waals surface area (Å²) in [5.41, 5.74) is 2.85. The monoisotopic (exact) mass is 437 g/mol. The molecule has 1 amide bonds. The number of carbonyl (C=O) groups excluding carboxylic acids is 1. The van der Waals surface area contributed by atoms with E-state index in [9.17, 15) is 4.79 Å². The van der Waals surface area contributed by atoms with Crippen molar-refractivity contribution in [2.45, 2.75) is 25.7 Å². The van der Waals surface area contributed by atoms with Gasteiger partial charge in [-0.2, -0.15) is 0 Å². The van der Waals surface area contributed by atoms with Gasteiger partial charge in [0.2, 0.25) is 5.95 Å². The molecule has 1 N–H and O–H groups in total. The third kappa shape index (κ3) is 5.00. The molecule has 1 atom stereocenters. The first-order valence-corrected chi connectivity index (χ1v) is 11.5. The highest BCUT2D eigenvalue weighted by Gasteiger charge is 2.22. The van der Waals surface area contributed by atoms with Crippen molar-refractivity contribution in [1.29, 1.82) is 0 Å². The number of hydrogen-bond donors (Lipinski definition) is 1. The van der Waals surface area contributed by atoms with Crippen LogP contribution in [0.15, 0.2) is 79.4 Å². The molecule has 1 unspecified atom stereocenters. The van der Waals surface area contributed by atoms with E-state index >= 15 is 0 Å². The molecule has 1 aliphatic rings. The maximum atomic E-state index is 13.3. The number of carbonyl (C=O) groups is 1. The SMILES string of the molecule is O=C(c1cccc(Nc2ncccn2)c1)N1CCCC(Cc2cccc3ccncc23)CC1. The molecule has 0 spiro atoms. The lowest BCUT2D eigenvalue weighted by atomic mass is 9.91. The Hall–Kier alpha value is -3.80. The summed E-state index contributed by atoms with van der Waals surface area (Å²) in [6.45, 7) is 1.58. The lowest BCUT2D eigenvalue weighted by Crippen LogP contribution is -2.32. The third-order valence-electron chi connectivity index (χ3n) is 6.35. The van der Waals surface area contributed by atoms with E-state index in [1.165, 1.54) is 16.3 Å². The number of amides is 1. The van der Waals surface area contributed by atoms with Crippen molar-refractivity contribution in [3.63, 3.8) is 0 Å². The van der Waals surface area contributed by atoms with Crippen molar-refractivity contribution in [1.82, 2.24) is 19.9 Å². The van der Waals surface area contributed by atoms with Gasteiger partial charge in [-0.1, -0.05) is 24.3 Å². The fraction of sp³-hybridized carbons (Fsp3) is 0.259. The standard InChI is InChI=1S/C27H27N5O/c33-26(23-8-2-9-24(18-23)31-27-29-12-4-13-30-27)32-15-3-5-20(11-16-32)17-22-7-1-6-21-10-14-28-19-25(21)22/h1-2,4,6-10,12-14,18-20H,3,5,11,15-17H2,(H,29,30,31). The molecule has 6 nitrogen and oxygen atoms in total. The number of fused-ring (bicyclic) bond motifs is 1. The van der Waals surface area contributed by atoms with Gasteiger partial charge in [-0.15, -0.1) is 0 Å². The lowest BCUT2D eigenvalue weighted by Gasteiger charge is -2.21. The number of benzene rings is 2. The number of nitrogens with one attached hydrogen (secondary N) is 1. The van der Waals surface area contributed by atoms with E-state index in [0.717, 1.165) is 44.5 Å². The van der Waals surface area contributed by atoms with Crippen LogP contribution in [0, 0.1) is 5.92 Å². The van der Waals surface area contributed by atoms with E-state index in [1.807, 2.05) is 41.6 Å². The molecule has 2 aromatic heterocycles. The maximum Gasteiger partial charge on any atom is 0.253 e. The van der Waals surface area contributed by atoms with Gasteiger partial charge in [-0.3, -0.25) is 9.78 Å². The molecule has 5 rings (SSSR count). The number of hydrogen-bond acceptors (Lipinski definition) is 5. The van der Waals surface area contributed by atoms with Crippen molar-refractivity contribution < 1.29 is 4.79 Å².